The molecule has 1 aromatic heterocycles. The Balaban J connectivity index is 1.36. The van der Waals surface area contributed by atoms with Crippen molar-refractivity contribution in [3.63, 3.8) is 0 Å². The van der Waals surface area contributed by atoms with Gasteiger partial charge >= 0.3 is 12.1 Å². The Bertz CT molecular complexity index is 985. The fraction of sp³-hybridized carbons (Fsp3) is 0.200. The van der Waals surface area contributed by atoms with E-state index in [0.29, 0.717) is 5.69 Å². The lowest BCUT2D eigenvalue weighted by atomic mass is 9.98. The van der Waals surface area contributed by atoms with Crippen LogP contribution < -0.4 is 5.32 Å². The van der Waals surface area contributed by atoms with Gasteiger partial charge in [0.05, 0.1) is 12.7 Å². The first-order chi connectivity index (χ1) is 13.6. The quantitative estimate of drug-likeness (QED) is 0.682. The molecule has 1 aliphatic carbocycles. The van der Waals surface area contributed by atoms with Crippen LogP contribution in [0.2, 0.25) is 0 Å². The Labute approximate surface area is 160 Å². The van der Waals surface area contributed by atoms with Gasteiger partial charge in [-0.25, -0.2) is 9.48 Å². The van der Waals surface area contributed by atoms with Crippen LogP contribution in [0.3, 0.4) is 0 Å². The van der Waals surface area contributed by atoms with Gasteiger partial charge in [0.25, 0.3) is 0 Å². The number of amides is 1. The Morgan fingerprint density at radius 3 is 2.36 bits per heavy atom. The fourth-order valence-electron chi connectivity index (χ4n) is 3.45. The highest BCUT2D eigenvalue weighted by molar-refractivity contribution is 5.79. The van der Waals surface area contributed by atoms with E-state index in [0.717, 1.165) is 11.1 Å². The number of hydrogen-bond acceptors (Lipinski definition) is 5. The van der Waals surface area contributed by atoms with Crippen LogP contribution in [-0.2, 0) is 22.6 Å². The van der Waals surface area contributed by atoms with Gasteiger partial charge in [0, 0.05) is 5.92 Å². The second-order valence-corrected chi connectivity index (χ2v) is 6.48. The van der Waals surface area contributed by atoms with E-state index in [1.165, 1.54) is 22.0 Å². The third-order valence-corrected chi connectivity index (χ3v) is 4.64. The molecule has 142 valence electrons. The van der Waals surface area contributed by atoms with Gasteiger partial charge in [-0.2, -0.15) is 0 Å². The molecule has 8 nitrogen and oxygen atoms in total. The van der Waals surface area contributed by atoms with Crippen molar-refractivity contribution < 1.29 is 19.4 Å². The van der Waals surface area contributed by atoms with Crippen molar-refractivity contribution in [2.75, 3.05) is 6.61 Å². The number of fused-ring (bicyclic) bond motifs is 3. The lowest BCUT2D eigenvalue weighted by Gasteiger charge is -2.14. The van der Waals surface area contributed by atoms with Crippen LogP contribution in [0.1, 0.15) is 22.7 Å². The van der Waals surface area contributed by atoms with Gasteiger partial charge in [-0.3, -0.25) is 4.79 Å². The average Bonchev–Trinajstić information content (AvgIpc) is 3.26. The monoisotopic (exact) mass is 378 g/mol. The van der Waals surface area contributed by atoms with E-state index in [-0.39, 0.29) is 25.6 Å². The molecule has 1 aliphatic rings. The summed E-state index contributed by atoms with van der Waals surface area (Å²) in [6, 6.07) is 16.2. The second-order valence-electron chi connectivity index (χ2n) is 6.48. The number of aromatic nitrogens is 3. The number of nitrogens with zero attached hydrogens (tertiary/aromatic N) is 3. The SMILES string of the molecule is O=C(O)Cn1cc(CNC(=O)OCC2c3ccccc3-c3ccccc32)nn1. The summed E-state index contributed by atoms with van der Waals surface area (Å²) in [6.45, 7) is 0.0554. The number of carboxylic acid groups (broad SMARTS) is 1. The van der Waals surface area contributed by atoms with E-state index in [1.807, 2.05) is 24.3 Å². The molecule has 3 aromatic rings. The summed E-state index contributed by atoms with van der Waals surface area (Å²) >= 11 is 0. The summed E-state index contributed by atoms with van der Waals surface area (Å²) in [5, 5.41) is 18.8. The van der Waals surface area contributed by atoms with Gasteiger partial charge in [0.1, 0.15) is 18.8 Å². The zero-order valence-electron chi connectivity index (χ0n) is 14.9. The van der Waals surface area contributed by atoms with Crippen LogP contribution in [0.4, 0.5) is 4.79 Å². The van der Waals surface area contributed by atoms with Gasteiger partial charge in [0.2, 0.25) is 0 Å². The van der Waals surface area contributed by atoms with Gasteiger partial charge in [0.15, 0.2) is 0 Å². The van der Waals surface area contributed by atoms with Gasteiger partial charge in [-0.15, -0.1) is 5.10 Å². The molecular weight excluding hydrogens is 360 g/mol. The molecule has 0 aliphatic heterocycles. The molecule has 2 aromatic carbocycles. The largest absolute Gasteiger partial charge is 0.480 e. The first-order valence-electron chi connectivity index (χ1n) is 8.81. The standard InChI is InChI=1S/C20H18N4O4/c25-19(26)11-24-10-13(22-23-24)9-21-20(27)28-12-18-16-7-3-1-5-14(16)15-6-2-4-8-17(15)18/h1-8,10,18H,9,11-12H2,(H,21,27)(H,25,26). The van der Waals surface area contributed by atoms with Crippen molar-refractivity contribution in [2.45, 2.75) is 19.0 Å². The molecule has 1 amide bonds. The second kappa shape index (κ2) is 7.51. The molecule has 0 bridgehead atoms. The summed E-state index contributed by atoms with van der Waals surface area (Å²) < 4.78 is 6.63. The van der Waals surface area contributed by atoms with E-state index >= 15 is 0 Å². The third kappa shape index (κ3) is 3.57. The molecule has 0 saturated carbocycles. The summed E-state index contributed by atoms with van der Waals surface area (Å²) in [7, 11) is 0. The molecule has 0 unspecified atom stereocenters. The minimum atomic E-state index is -1.01. The maximum Gasteiger partial charge on any atom is 0.407 e. The summed E-state index contributed by atoms with van der Waals surface area (Å²) in [5.41, 5.74) is 5.08. The predicted molar refractivity (Wildman–Crippen MR) is 99.6 cm³/mol. The van der Waals surface area contributed by atoms with Crippen molar-refractivity contribution in [1.82, 2.24) is 20.3 Å². The Kier molecular flexibility index (Phi) is 4.76. The normalized spacial score (nSPS) is 12.3. The van der Waals surface area contributed by atoms with Crippen LogP contribution >= 0.6 is 0 Å². The molecule has 0 spiro atoms. The molecule has 0 saturated heterocycles. The van der Waals surface area contributed by atoms with E-state index < -0.39 is 12.1 Å². The number of benzene rings is 2. The first kappa shape index (κ1) is 17.7. The molecule has 0 atom stereocenters. The number of carboxylic acids is 1. The van der Waals surface area contributed by atoms with Crippen LogP contribution in [0.5, 0.6) is 0 Å². The van der Waals surface area contributed by atoms with Crippen molar-refractivity contribution in [3.05, 3.63) is 71.5 Å². The van der Waals surface area contributed by atoms with Crippen molar-refractivity contribution in [1.29, 1.82) is 0 Å². The number of carbonyl (C=O) groups is 2. The molecule has 28 heavy (non-hydrogen) atoms. The smallest absolute Gasteiger partial charge is 0.407 e. The van der Waals surface area contributed by atoms with Crippen molar-refractivity contribution in [3.8, 4) is 11.1 Å². The fourth-order valence-corrected chi connectivity index (χ4v) is 3.45. The highest BCUT2D eigenvalue weighted by Crippen LogP contribution is 2.44. The molecule has 8 heteroatoms. The van der Waals surface area contributed by atoms with Crippen LogP contribution in [0, 0.1) is 0 Å². The van der Waals surface area contributed by atoms with Crippen molar-refractivity contribution in [2.24, 2.45) is 0 Å². The topological polar surface area (TPSA) is 106 Å². The number of ether oxygens (including phenoxy) is 1. The van der Waals surface area contributed by atoms with Crippen LogP contribution in [-0.4, -0.2) is 38.8 Å². The third-order valence-electron chi connectivity index (χ3n) is 4.64. The van der Waals surface area contributed by atoms with E-state index in [1.54, 1.807) is 0 Å². The van der Waals surface area contributed by atoms with Gasteiger partial charge < -0.3 is 15.2 Å². The van der Waals surface area contributed by atoms with E-state index in [4.69, 9.17) is 9.84 Å². The van der Waals surface area contributed by atoms with Crippen molar-refractivity contribution >= 4 is 12.1 Å². The molecule has 2 N–H and O–H groups in total. The number of aliphatic carboxylic acids is 1. The maximum atomic E-state index is 12.1. The van der Waals surface area contributed by atoms with E-state index in [2.05, 4.69) is 39.9 Å². The first-order valence-corrected chi connectivity index (χ1v) is 8.81. The number of carbonyl (C=O) groups excluding carboxylic acids is 1. The lowest BCUT2D eigenvalue weighted by Crippen LogP contribution is -2.25. The molecular formula is C20H18N4O4. The molecule has 0 radical (unpaired) electrons. The predicted octanol–water partition coefficient (Wildman–Crippen LogP) is 2.40. The summed E-state index contributed by atoms with van der Waals surface area (Å²) in [6.07, 6.45) is 0.910. The minimum absolute atomic E-state index is 0.00501. The van der Waals surface area contributed by atoms with Crippen LogP contribution in [0.15, 0.2) is 54.7 Å². The maximum absolute atomic E-state index is 12.1. The number of hydrogen-bond donors (Lipinski definition) is 2. The molecule has 4 rings (SSSR count). The highest BCUT2D eigenvalue weighted by atomic mass is 16.5. The average molecular weight is 378 g/mol. The van der Waals surface area contributed by atoms with Gasteiger partial charge in [-0.05, 0) is 22.3 Å². The molecule has 1 heterocycles. The minimum Gasteiger partial charge on any atom is -0.480 e. The lowest BCUT2D eigenvalue weighted by molar-refractivity contribution is -0.137. The summed E-state index contributed by atoms with van der Waals surface area (Å²) in [4.78, 5) is 22.8. The van der Waals surface area contributed by atoms with Crippen LogP contribution in [0.25, 0.3) is 11.1 Å². The number of alkyl carbamates (subject to hydrolysis) is 1. The number of rotatable bonds is 6. The Hall–Kier alpha value is -3.68. The van der Waals surface area contributed by atoms with Gasteiger partial charge in [-0.1, -0.05) is 53.7 Å². The zero-order valence-corrected chi connectivity index (χ0v) is 14.9. The summed E-state index contributed by atoms with van der Waals surface area (Å²) in [5.74, 6) is -1.02. The Morgan fingerprint density at radius 2 is 1.71 bits per heavy atom. The van der Waals surface area contributed by atoms with E-state index in [9.17, 15) is 9.59 Å². The number of nitrogens with one attached hydrogen (secondary N) is 1. The molecule has 0 fully saturated rings. The Morgan fingerprint density at radius 1 is 1.07 bits per heavy atom. The highest BCUT2D eigenvalue weighted by Gasteiger charge is 2.28. The zero-order chi connectivity index (χ0) is 19.5.